The first kappa shape index (κ1) is 16.2. The minimum absolute atomic E-state index is 0.265. The summed E-state index contributed by atoms with van der Waals surface area (Å²) >= 11 is 0. The third-order valence-corrected chi connectivity index (χ3v) is 4.37. The number of carboxylic acids is 1. The molecule has 124 valence electrons. The van der Waals surface area contributed by atoms with Gasteiger partial charge in [0, 0.05) is 31.6 Å². The number of carboxylic acid groups (broad SMARTS) is 1. The van der Waals surface area contributed by atoms with E-state index < -0.39 is 11.5 Å². The molecule has 0 atom stereocenters. The molecular formula is C19H19NO4. The van der Waals surface area contributed by atoms with Crippen molar-refractivity contribution in [3.8, 4) is 11.1 Å². The molecule has 0 aliphatic carbocycles. The molecule has 1 fully saturated rings. The Morgan fingerprint density at radius 2 is 1.58 bits per heavy atom. The molecule has 1 aliphatic heterocycles. The number of benzene rings is 2. The Morgan fingerprint density at radius 3 is 2.25 bits per heavy atom. The fourth-order valence-corrected chi connectivity index (χ4v) is 2.95. The summed E-state index contributed by atoms with van der Waals surface area (Å²) in [6.07, 6.45) is 0.531. The zero-order valence-electron chi connectivity index (χ0n) is 13.2. The molecule has 5 nitrogen and oxygen atoms in total. The molecule has 2 aromatic rings. The molecule has 0 saturated carbocycles. The summed E-state index contributed by atoms with van der Waals surface area (Å²) in [5, 5.41) is 12.3. The predicted molar refractivity (Wildman–Crippen MR) is 89.8 cm³/mol. The average molecular weight is 325 g/mol. The van der Waals surface area contributed by atoms with Crippen molar-refractivity contribution in [1.82, 2.24) is 5.32 Å². The quantitative estimate of drug-likeness (QED) is 0.906. The van der Waals surface area contributed by atoms with Crippen LogP contribution >= 0.6 is 0 Å². The van der Waals surface area contributed by atoms with Crippen LogP contribution in [-0.2, 0) is 9.53 Å². The summed E-state index contributed by atoms with van der Waals surface area (Å²) in [7, 11) is 0. The molecule has 0 unspecified atom stereocenters. The van der Waals surface area contributed by atoms with Gasteiger partial charge in [-0.15, -0.1) is 0 Å². The van der Waals surface area contributed by atoms with E-state index in [9.17, 15) is 14.7 Å². The van der Waals surface area contributed by atoms with Gasteiger partial charge in [0.2, 0.25) is 0 Å². The lowest BCUT2D eigenvalue weighted by Crippen LogP contribution is -2.57. The highest BCUT2D eigenvalue weighted by molar-refractivity contribution is 6.03. The van der Waals surface area contributed by atoms with Gasteiger partial charge in [-0.1, -0.05) is 48.5 Å². The summed E-state index contributed by atoms with van der Waals surface area (Å²) in [6.45, 7) is 0.653. The molecule has 1 aliphatic rings. The van der Waals surface area contributed by atoms with E-state index in [0.717, 1.165) is 11.1 Å². The SMILES string of the molecule is O=C(NC1(C(=O)O)CCOCC1)c1ccccc1-c1ccccc1. The van der Waals surface area contributed by atoms with Gasteiger partial charge in [-0.3, -0.25) is 4.79 Å². The van der Waals surface area contributed by atoms with Gasteiger partial charge in [0.05, 0.1) is 0 Å². The van der Waals surface area contributed by atoms with Gasteiger partial charge in [-0.2, -0.15) is 0 Å². The van der Waals surface area contributed by atoms with Crippen molar-refractivity contribution < 1.29 is 19.4 Å². The van der Waals surface area contributed by atoms with Crippen LogP contribution in [0.4, 0.5) is 0 Å². The fraction of sp³-hybridized carbons (Fsp3) is 0.263. The Balaban J connectivity index is 1.92. The standard InChI is InChI=1S/C19H19NO4/c21-17(20-19(18(22)23)10-12-24-13-11-19)16-9-5-4-8-15(16)14-6-2-1-3-7-14/h1-9H,10-13H2,(H,20,21)(H,22,23). The summed E-state index contributed by atoms with van der Waals surface area (Å²) in [5.74, 6) is -1.39. The van der Waals surface area contributed by atoms with Gasteiger partial charge in [0.15, 0.2) is 0 Å². The number of hydrogen-bond acceptors (Lipinski definition) is 3. The first-order chi connectivity index (χ1) is 11.6. The maximum Gasteiger partial charge on any atom is 0.329 e. The van der Waals surface area contributed by atoms with Crippen LogP contribution in [0.15, 0.2) is 54.6 Å². The molecule has 0 spiro atoms. The van der Waals surface area contributed by atoms with Crippen molar-refractivity contribution >= 4 is 11.9 Å². The van der Waals surface area contributed by atoms with Crippen LogP contribution in [0.2, 0.25) is 0 Å². The largest absolute Gasteiger partial charge is 0.480 e. The van der Waals surface area contributed by atoms with Gasteiger partial charge in [-0.05, 0) is 17.2 Å². The van der Waals surface area contributed by atoms with E-state index in [-0.39, 0.29) is 18.7 Å². The lowest BCUT2D eigenvalue weighted by Gasteiger charge is -2.34. The molecule has 0 radical (unpaired) electrons. The van der Waals surface area contributed by atoms with Gasteiger partial charge in [-0.25, -0.2) is 4.79 Å². The summed E-state index contributed by atoms with van der Waals surface area (Å²) in [4.78, 5) is 24.5. The molecule has 0 aromatic heterocycles. The third-order valence-electron chi connectivity index (χ3n) is 4.37. The highest BCUT2D eigenvalue weighted by Crippen LogP contribution is 2.26. The molecule has 3 rings (SSSR count). The maximum absolute atomic E-state index is 12.8. The second-order valence-electron chi connectivity index (χ2n) is 5.87. The zero-order valence-corrected chi connectivity index (χ0v) is 13.2. The van der Waals surface area contributed by atoms with Crippen molar-refractivity contribution in [3.63, 3.8) is 0 Å². The number of carbonyl (C=O) groups is 2. The number of rotatable bonds is 4. The van der Waals surface area contributed by atoms with Crippen LogP contribution in [-0.4, -0.2) is 35.7 Å². The minimum atomic E-state index is -1.26. The lowest BCUT2D eigenvalue weighted by molar-refractivity contribution is -0.148. The van der Waals surface area contributed by atoms with Gasteiger partial charge in [0.25, 0.3) is 5.91 Å². The Bertz CT molecular complexity index is 736. The number of amides is 1. The van der Waals surface area contributed by atoms with Crippen molar-refractivity contribution in [3.05, 3.63) is 60.2 Å². The van der Waals surface area contributed by atoms with Crippen LogP contribution in [0.25, 0.3) is 11.1 Å². The second-order valence-corrected chi connectivity index (χ2v) is 5.87. The van der Waals surface area contributed by atoms with Crippen LogP contribution in [0.3, 0.4) is 0 Å². The van der Waals surface area contributed by atoms with E-state index in [1.54, 1.807) is 12.1 Å². The van der Waals surface area contributed by atoms with Crippen LogP contribution in [0, 0.1) is 0 Å². The van der Waals surface area contributed by atoms with Gasteiger partial charge < -0.3 is 15.2 Å². The number of ether oxygens (including phenoxy) is 1. The van der Waals surface area contributed by atoms with Crippen LogP contribution < -0.4 is 5.32 Å². The average Bonchev–Trinajstić information content (AvgIpc) is 2.63. The summed E-state index contributed by atoms with van der Waals surface area (Å²) in [5.41, 5.74) is 0.901. The normalized spacial score (nSPS) is 16.3. The van der Waals surface area contributed by atoms with Crippen molar-refractivity contribution in [2.24, 2.45) is 0 Å². The predicted octanol–water partition coefficient (Wildman–Crippen LogP) is 2.72. The smallest absolute Gasteiger partial charge is 0.329 e. The van der Waals surface area contributed by atoms with Gasteiger partial charge in [0.1, 0.15) is 5.54 Å². The highest BCUT2D eigenvalue weighted by atomic mass is 16.5. The Morgan fingerprint density at radius 1 is 0.958 bits per heavy atom. The maximum atomic E-state index is 12.8. The molecule has 1 heterocycles. The van der Waals surface area contributed by atoms with E-state index >= 15 is 0 Å². The van der Waals surface area contributed by atoms with Gasteiger partial charge >= 0.3 is 5.97 Å². The van der Waals surface area contributed by atoms with Crippen LogP contribution in [0.5, 0.6) is 0 Å². The van der Waals surface area contributed by atoms with Crippen molar-refractivity contribution in [2.45, 2.75) is 18.4 Å². The Labute approximate surface area is 140 Å². The zero-order chi connectivity index (χ0) is 17.0. The summed E-state index contributed by atoms with van der Waals surface area (Å²) in [6, 6.07) is 16.8. The number of aliphatic carboxylic acids is 1. The van der Waals surface area contributed by atoms with Crippen molar-refractivity contribution in [1.29, 1.82) is 0 Å². The molecule has 5 heteroatoms. The highest BCUT2D eigenvalue weighted by Gasteiger charge is 2.42. The second kappa shape index (κ2) is 6.84. The van der Waals surface area contributed by atoms with E-state index in [1.165, 1.54) is 0 Å². The van der Waals surface area contributed by atoms with Crippen molar-refractivity contribution in [2.75, 3.05) is 13.2 Å². The Hall–Kier alpha value is -2.66. The van der Waals surface area contributed by atoms with Crippen LogP contribution in [0.1, 0.15) is 23.2 Å². The molecule has 0 bridgehead atoms. The van der Waals surface area contributed by atoms with E-state index in [1.807, 2.05) is 42.5 Å². The third kappa shape index (κ3) is 3.16. The first-order valence-corrected chi connectivity index (χ1v) is 7.90. The molecule has 1 saturated heterocycles. The number of hydrogen-bond donors (Lipinski definition) is 2. The first-order valence-electron chi connectivity index (χ1n) is 7.90. The lowest BCUT2D eigenvalue weighted by atomic mass is 9.89. The molecule has 1 amide bonds. The topological polar surface area (TPSA) is 75.6 Å². The minimum Gasteiger partial charge on any atom is -0.480 e. The fourth-order valence-electron chi connectivity index (χ4n) is 2.95. The van der Waals surface area contributed by atoms with E-state index in [4.69, 9.17) is 4.74 Å². The van der Waals surface area contributed by atoms with E-state index in [0.29, 0.717) is 18.8 Å². The Kier molecular flexibility index (Phi) is 4.62. The molecule has 24 heavy (non-hydrogen) atoms. The number of nitrogens with one attached hydrogen (secondary N) is 1. The molecule has 2 N–H and O–H groups in total. The number of carbonyl (C=O) groups excluding carboxylic acids is 1. The molecular weight excluding hydrogens is 306 g/mol. The summed E-state index contributed by atoms with van der Waals surface area (Å²) < 4.78 is 5.24. The molecule has 2 aromatic carbocycles. The van der Waals surface area contributed by atoms with E-state index in [2.05, 4.69) is 5.32 Å². The monoisotopic (exact) mass is 325 g/mol.